The number of rotatable bonds is 6. The molecule has 90 valence electrons. The van der Waals surface area contributed by atoms with E-state index in [1.54, 1.807) is 6.07 Å². The van der Waals surface area contributed by atoms with Crippen LogP contribution in [0.15, 0.2) is 22.7 Å². The first-order chi connectivity index (χ1) is 7.65. The first-order valence-electron chi connectivity index (χ1n) is 5.81. The average molecular weight is 288 g/mol. The predicted molar refractivity (Wildman–Crippen MR) is 70.2 cm³/mol. The summed E-state index contributed by atoms with van der Waals surface area (Å²) in [4.78, 5) is 0. The van der Waals surface area contributed by atoms with Crippen LogP contribution in [0.5, 0.6) is 0 Å². The average Bonchev–Trinajstić information content (AvgIpc) is 2.25. The summed E-state index contributed by atoms with van der Waals surface area (Å²) in [5.74, 6) is -0.169. The third-order valence-corrected chi connectivity index (χ3v) is 3.56. The molecule has 1 aromatic rings. The molecule has 0 bridgehead atoms. The third kappa shape index (κ3) is 4.22. The molecule has 1 N–H and O–H groups in total. The minimum atomic E-state index is -0.169. The Balaban J connectivity index is 2.40. The van der Waals surface area contributed by atoms with Crippen LogP contribution in [0.2, 0.25) is 0 Å². The Bertz CT molecular complexity index is 328. The van der Waals surface area contributed by atoms with Gasteiger partial charge in [-0.05, 0) is 60.3 Å². The summed E-state index contributed by atoms with van der Waals surface area (Å²) < 4.78 is 13.8. The van der Waals surface area contributed by atoms with Crippen molar-refractivity contribution in [2.75, 3.05) is 6.54 Å². The third-order valence-electron chi connectivity index (χ3n) is 2.67. The van der Waals surface area contributed by atoms with Crippen LogP contribution in [0.1, 0.15) is 32.3 Å². The van der Waals surface area contributed by atoms with E-state index < -0.39 is 0 Å². The molecule has 0 aliphatic rings. The Hall–Kier alpha value is -0.410. The van der Waals surface area contributed by atoms with Gasteiger partial charge in [0.05, 0.1) is 4.47 Å². The summed E-state index contributed by atoms with van der Waals surface area (Å²) in [5.41, 5.74) is 1.06. The SMILES string of the molecule is CCNC(C)CCCc1cccc(F)c1Br. The second kappa shape index (κ2) is 7.02. The van der Waals surface area contributed by atoms with E-state index >= 15 is 0 Å². The van der Waals surface area contributed by atoms with Gasteiger partial charge in [-0.2, -0.15) is 0 Å². The zero-order chi connectivity index (χ0) is 12.0. The number of hydrogen-bond acceptors (Lipinski definition) is 1. The quantitative estimate of drug-likeness (QED) is 0.837. The van der Waals surface area contributed by atoms with Gasteiger partial charge in [0, 0.05) is 6.04 Å². The molecule has 0 aliphatic carbocycles. The van der Waals surface area contributed by atoms with E-state index in [4.69, 9.17) is 0 Å². The molecule has 0 fully saturated rings. The predicted octanol–water partition coefficient (Wildman–Crippen LogP) is 3.91. The highest BCUT2D eigenvalue weighted by Crippen LogP contribution is 2.22. The van der Waals surface area contributed by atoms with E-state index in [9.17, 15) is 4.39 Å². The van der Waals surface area contributed by atoms with Crippen molar-refractivity contribution >= 4 is 15.9 Å². The molecular weight excluding hydrogens is 269 g/mol. The monoisotopic (exact) mass is 287 g/mol. The number of halogens is 2. The lowest BCUT2D eigenvalue weighted by Crippen LogP contribution is -2.25. The fraction of sp³-hybridized carbons (Fsp3) is 0.538. The molecule has 1 nitrogen and oxygen atoms in total. The van der Waals surface area contributed by atoms with Gasteiger partial charge in [0.2, 0.25) is 0 Å². The molecule has 1 rings (SSSR count). The van der Waals surface area contributed by atoms with Gasteiger partial charge < -0.3 is 5.32 Å². The molecule has 0 saturated carbocycles. The van der Waals surface area contributed by atoms with Crippen molar-refractivity contribution < 1.29 is 4.39 Å². The number of nitrogens with one attached hydrogen (secondary N) is 1. The number of benzene rings is 1. The lowest BCUT2D eigenvalue weighted by Gasteiger charge is -2.12. The van der Waals surface area contributed by atoms with Crippen LogP contribution in [-0.4, -0.2) is 12.6 Å². The van der Waals surface area contributed by atoms with Gasteiger partial charge in [-0.25, -0.2) is 4.39 Å². The fourth-order valence-corrected chi connectivity index (χ4v) is 2.25. The first kappa shape index (κ1) is 13.7. The van der Waals surface area contributed by atoms with Crippen molar-refractivity contribution in [3.63, 3.8) is 0 Å². The Labute approximate surface area is 106 Å². The second-order valence-corrected chi connectivity index (χ2v) is 4.86. The molecule has 16 heavy (non-hydrogen) atoms. The zero-order valence-electron chi connectivity index (χ0n) is 9.89. The van der Waals surface area contributed by atoms with E-state index in [0.29, 0.717) is 10.5 Å². The maximum absolute atomic E-state index is 13.2. The van der Waals surface area contributed by atoms with E-state index in [-0.39, 0.29) is 5.82 Å². The molecule has 1 aromatic carbocycles. The van der Waals surface area contributed by atoms with Gasteiger partial charge in [0.25, 0.3) is 0 Å². The topological polar surface area (TPSA) is 12.0 Å². The van der Waals surface area contributed by atoms with E-state index in [1.165, 1.54) is 6.07 Å². The molecule has 0 saturated heterocycles. The summed E-state index contributed by atoms with van der Waals surface area (Å²) in [5, 5.41) is 3.37. The summed E-state index contributed by atoms with van der Waals surface area (Å²) >= 11 is 3.29. The minimum Gasteiger partial charge on any atom is -0.315 e. The van der Waals surface area contributed by atoms with Crippen LogP contribution in [0.4, 0.5) is 4.39 Å². The molecule has 0 spiro atoms. The fourth-order valence-electron chi connectivity index (χ4n) is 1.79. The Morgan fingerprint density at radius 1 is 1.44 bits per heavy atom. The molecule has 0 heterocycles. The standard InChI is InChI=1S/C13H19BrFN/c1-3-16-10(2)6-4-7-11-8-5-9-12(15)13(11)14/h5,8-10,16H,3-4,6-7H2,1-2H3. The summed E-state index contributed by atoms with van der Waals surface area (Å²) in [7, 11) is 0. The van der Waals surface area contributed by atoms with E-state index in [0.717, 1.165) is 31.4 Å². The van der Waals surface area contributed by atoms with Crippen molar-refractivity contribution in [2.45, 2.75) is 39.2 Å². The highest BCUT2D eigenvalue weighted by Gasteiger charge is 2.05. The van der Waals surface area contributed by atoms with Gasteiger partial charge >= 0.3 is 0 Å². The zero-order valence-corrected chi connectivity index (χ0v) is 11.5. The smallest absolute Gasteiger partial charge is 0.137 e. The highest BCUT2D eigenvalue weighted by atomic mass is 79.9. The van der Waals surface area contributed by atoms with Crippen molar-refractivity contribution in [1.82, 2.24) is 5.32 Å². The molecule has 0 aromatic heterocycles. The maximum Gasteiger partial charge on any atom is 0.137 e. The summed E-state index contributed by atoms with van der Waals surface area (Å²) in [6.45, 7) is 5.30. The first-order valence-corrected chi connectivity index (χ1v) is 6.60. The van der Waals surface area contributed by atoms with Crippen molar-refractivity contribution in [2.24, 2.45) is 0 Å². The van der Waals surface area contributed by atoms with E-state index in [2.05, 4.69) is 35.1 Å². The van der Waals surface area contributed by atoms with Crippen LogP contribution >= 0.6 is 15.9 Å². The summed E-state index contributed by atoms with van der Waals surface area (Å²) in [6, 6.07) is 5.76. The van der Waals surface area contributed by atoms with Crippen LogP contribution < -0.4 is 5.32 Å². The molecule has 1 atom stereocenters. The number of aryl methyl sites for hydroxylation is 1. The van der Waals surface area contributed by atoms with Crippen molar-refractivity contribution in [3.8, 4) is 0 Å². The van der Waals surface area contributed by atoms with Crippen LogP contribution in [0.25, 0.3) is 0 Å². The lowest BCUT2D eigenvalue weighted by molar-refractivity contribution is 0.512. The summed E-state index contributed by atoms with van der Waals surface area (Å²) in [6.07, 6.45) is 3.13. The Morgan fingerprint density at radius 3 is 2.88 bits per heavy atom. The molecule has 3 heteroatoms. The lowest BCUT2D eigenvalue weighted by atomic mass is 10.1. The van der Waals surface area contributed by atoms with Crippen LogP contribution in [0.3, 0.4) is 0 Å². The van der Waals surface area contributed by atoms with Crippen LogP contribution in [0, 0.1) is 5.82 Å². The molecule has 0 radical (unpaired) electrons. The van der Waals surface area contributed by atoms with Gasteiger partial charge in [-0.15, -0.1) is 0 Å². The van der Waals surface area contributed by atoms with Gasteiger partial charge in [0.1, 0.15) is 5.82 Å². The van der Waals surface area contributed by atoms with Gasteiger partial charge in [-0.1, -0.05) is 19.1 Å². The molecular formula is C13H19BrFN. The molecule has 0 aliphatic heterocycles. The van der Waals surface area contributed by atoms with Crippen LogP contribution in [-0.2, 0) is 6.42 Å². The normalized spacial score (nSPS) is 12.8. The Kier molecular flexibility index (Phi) is 5.99. The molecule has 1 unspecified atom stereocenters. The highest BCUT2D eigenvalue weighted by molar-refractivity contribution is 9.10. The second-order valence-electron chi connectivity index (χ2n) is 4.06. The Morgan fingerprint density at radius 2 is 2.19 bits per heavy atom. The van der Waals surface area contributed by atoms with Gasteiger partial charge in [-0.3, -0.25) is 0 Å². The minimum absolute atomic E-state index is 0.169. The molecule has 0 amide bonds. The van der Waals surface area contributed by atoms with E-state index in [1.807, 2.05) is 6.07 Å². The largest absolute Gasteiger partial charge is 0.315 e. The number of hydrogen-bond donors (Lipinski definition) is 1. The van der Waals surface area contributed by atoms with Gasteiger partial charge in [0.15, 0.2) is 0 Å². The van der Waals surface area contributed by atoms with Crippen molar-refractivity contribution in [3.05, 3.63) is 34.1 Å². The maximum atomic E-state index is 13.2. The van der Waals surface area contributed by atoms with Crippen molar-refractivity contribution in [1.29, 1.82) is 0 Å².